The highest BCUT2D eigenvalue weighted by atomic mass is 16.5. The summed E-state index contributed by atoms with van der Waals surface area (Å²) in [6.07, 6.45) is 10.6. The van der Waals surface area contributed by atoms with Crippen LogP contribution in [-0.4, -0.2) is 38.1 Å². The van der Waals surface area contributed by atoms with Gasteiger partial charge in [-0.1, -0.05) is 18.2 Å². The maximum Gasteiger partial charge on any atom is 0.246 e. The average Bonchev–Trinajstić information content (AvgIpc) is 2.58. The molecule has 1 aromatic rings. The van der Waals surface area contributed by atoms with Gasteiger partial charge in [-0.15, -0.1) is 0 Å². The van der Waals surface area contributed by atoms with E-state index >= 15 is 0 Å². The fourth-order valence-electron chi connectivity index (χ4n) is 2.45. The zero-order valence-electron chi connectivity index (χ0n) is 13.2. The number of hydrogen-bond donors (Lipinski definition) is 0. The lowest BCUT2D eigenvalue weighted by Gasteiger charge is -2.25. The first-order valence-electron chi connectivity index (χ1n) is 7.59. The van der Waals surface area contributed by atoms with Gasteiger partial charge in [0.15, 0.2) is 0 Å². The predicted molar refractivity (Wildman–Crippen MR) is 88.2 cm³/mol. The number of methoxy groups -OCH3 is 2. The van der Waals surface area contributed by atoms with E-state index in [1.54, 1.807) is 26.4 Å². The van der Waals surface area contributed by atoms with Crippen molar-refractivity contribution in [1.82, 2.24) is 4.90 Å². The number of piperidine rings is 1. The summed E-state index contributed by atoms with van der Waals surface area (Å²) in [5.41, 5.74) is 0.964. The average molecular weight is 301 g/mol. The zero-order chi connectivity index (χ0) is 15.8. The normalized spacial score (nSPS) is 15.5. The number of nitrogens with zero attached hydrogens (tertiary/aromatic N) is 1. The van der Waals surface area contributed by atoms with Gasteiger partial charge in [-0.05, 0) is 37.0 Å². The molecule has 0 aromatic heterocycles. The number of allylic oxidation sites excluding steroid dienone is 2. The lowest BCUT2D eigenvalue weighted by Crippen LogP contribution is -2.34. The zero-order valence-corrected chi connectivity index (χ0v) is 13.2. The van der Waals surface area contributed by atoms with Gasteiger partial charge in [0.2, 0.25) is 5.91 Å². The SMILES string of the molecule is COc1cc(/C=C/C=C/C(=O)N2CCCCC2)cc(OC)c1. The van der Waals surface area contributed by atoms with Gasteiger partial charge in [0.25, 0.3) is 0 Å². The van der Waals surface area contributed by atoms with Crippen molar-refractivity contribution in [2.75, 3.05) is 27.3 Å². The van der Waals surface area contributed by atoms with Crippen LogP contribution in [-0.2, 0) is 4.79 Å². The molecule has 118 valence electrons. The first kappa shape index (κ1) is 16.1. The van der Waals surface area contributed by atoms with Crippen LogP contribution in [0.25, 0.3) is 6.08 Å². The summed E-state index contributed by atoms with van der Waals surface area (Å²) in [5, 5.41) is 0. The molecule has 0 radical (unpaired) electrons. The van der Waals surface area contributed by atoms with Gasteiger partial charge in [-0.3, -0.25) is 4.79 Å². The lowest BCUT2D eigenvalue weighted by atomic mass is 10.1. The molecule has 1 amide bonds. The van der Waals surface area contributed by atoms with Crippen molar-refractivity contribution >= 4 is 12.0 Å². The fraction of sp³-hybridized carbons (Fsp3) is 0.389. The third-order valence-corrected chi connectivity index (χ3v) is 3.68. The molecule has 2 rings (SSSR count). The molecule has 1 saturated heterocycles. The maximum atomic E-state index is 12.0. The molecule has 1 heterocycles. The summed E-state index contributed by atoms with van der Waals surface area (Å²) >= 11 is 0. The molecule has 0 atom stereocenters. The van der Waals surface area contributed by atoms with E-state index < -0.39 is 0 Å². The van der Waals surface area contributed by atoms with Crippen LogP contribution in [0.15, 0.2) is 36.4 Å². The molecular weight excluding hydrogens is 278 g/mol. The highest BCUT2D eigenvalue weighted by Crippen LogP contribution is 2.23. The Hall–Kier alpha value is -2.23. The molecule has 4 nitrogen and oxygen atoms in total. The smallest absolute Gasteiger partial charge is 0.246 e. The molecule has 0 N–H and O–H groups in total. The van der Waals surface area contributed by atoms with Crippen LogP contribution in [0.1, 0.15) is 24.8 Å². The Bertz CT molecular complexity index is 535. The summed E-state index contributed by atoms with van der Waals surface area (Å²) in [6.45, 7) is 1.75. The first-order valence-corrected chi connectivity index (χ1v) is 7.59. The van der Waals surface area contributed by atoms with E-state index in [-0.39, 0.29) is 5.91 Å². The van der Waals surface area contributed by atoms with Crippen molar-refractivity contribution in [1.29, 1.82) is 0 Å². The van der Waals surface area contributed by atoms with E-state index in [0.29, 0.717) is 0 Å². The minimum absolute atomic E-state index is 0.0903. The van der Waals surface area contributed by atoms with E-state index in [1.165, 1.54) is 6.42 Å². The number of likely N-dealkylation sites (tertiary alicyclic amines) is 1. The van der Waals surface area contributed by atoms with E-state index in [2.05, 4.69) is 0 Å². The van der Waals surface area contributed by atoms with Crippen LogP contribution in [0, 0.1) is 0 Å². The highest BCUT2D eigenvalue weighted by Gasteiger charge is 2.13. The molecule has 1 aromatic carbocycles. The summed E-state index contributed by atoms with van der Waals surface area (Å²) < 4.78 is 10.5. The van der Waals surface area contributed by atoms with Gasteiger partial charge in [-0.25, -0.2) is 0 Å². The number of carbonyl (C=O) groups is 1. The molecule has 0 spiro atoms. The van der Waals surface area contributed by atoms with E-state index in [1.807, 2.05) is 35.3 Å². The Morgan fingerprint density at radius 2 is 1.64 bits per heavy atom. The summed E-state index contributed by atoms with van der Waals surface area (Å²) in [4.78, 5) is 13.9. The van der Waals surface area contributed by atoms with Gasteiger partial charge in [0.1, 0.15) is 11.5 Å². The van der Waals surface area contributed by atoms with Crippen LogP contribution in [0.2, 0.25) is 0 Å². The van der Waals surface area contributed by atoms with Crippen molar-refractivity contribution < 1.29 is 14.3 Å². The third-order valence-electron chi connectivity index (χ3n) is 3.68. The maximum absolute atomic E-state index is 12.0. The van der Waals surface area contributed by atoms with Crippen LogP contribution < -0.4 is 9.47 Å². The van der Waals surface area contributed by atoms with Crippen molar-refractivity contribution in [3.8, 4) is 11.5 Å². The number of hydrogen-bond acceptors (Lipinski definition) is 3. The van der Waals surface area contributed by atoms with Gasteiger partial charge in [0.05, 0.1) is 14.2 Å². The van der Waals surface area contributed by atoms with Gasteiger partial charge in [0, 0.05) is 25.2 Å². The monoisotopic (exact) mass is 301 g/mol. The second kappa shape index (κ2) is 8.27. The topological polar surface area (TPSA) is 38.8 Å². The fourth-order valence-corrected chi connectivity index (χ4v) is 2.45. The number of ether oxygens (including phenoxy) is 2. The molecule has 0 unspecified atom stereocenters. The Balaban J connectivity index is 1.96. The molecule has 1 fully saturated rings. The molecular formula is C18H23NO3. The molecule has 1 aliphatic rings. The molecule has 0 bridgehead atoms. The van der Waals surface area contributed by atoms with E-state index in [0.717, 1.165) is 43.0 Å². The van der Waals surface area contributed by atoms with Crippen molar-refractivity contribution in [3.05, 3.63) is 42.0 Å². The third kappa shape index (κ3) is 4.65. The summed E-state index contributed by atoms with van der Waals surface area (Å²) in [5.74, 6) is 1.58. The van der Waals surface area contributed by atoms with E-state index in [9.17, 15) is 4.79 Å². The van der Waals surface area contributed by atoms with E-state index in [4.69, 9.17) is 9.47 Å². The Morgan fingerprint density at radius 3 is 2.23 bits per heavy atom. The second-order valence-corrected chi connectivity index (χ2v) is 5.25. The van der Waals surface area contributed by atoms with Crippen molar-refractivity contribution in [2.45, 2.75) is 19.3 Å². The molecule has 4 heteroatoms. The molecule has 22 heavy (non-hydrogen) atoms. The van der Waals surface area contributed by atoms with Gasteiger partial charge >= 0.3 is 0 Å². The minimum atomic E-state index is 0.0903. The quantitative estimate of drug-likeness (QED) is 0.619. The Morgan fingerprint density at radius 1 is 1.00 bits per heavy atom. The Labute approximate surface area is 132 Å². The summed E-state index contributed by atoms with van der Waals surface area (Å²) in [6, 6.07) is 5.66. The number of benzene rings is 1. The summed E-state index contributed by atoms with van der Waals surface area (Å²) in [7, 11) is 3.25. The van der Waals surface area contributed by atoms with Crippen molar-refractivity contribution in [2.24, 2.45) is 0 Å². The Kier molecular flexibility index (Phi) is 6.07. The van der Waals surface area contributed by atoms with Gasteiger partial charge in [-0.2, -0.15) is 0 Å². The first-order chi connectivity index (χ1) is 10.7. The second-order valence-electron chi connectivity index (χ2n) is 5.25. The molecule has 0 aliphatic carbocycles. The highest BCUT2D eigenvalue weighted by molar-refractivity contribution is 5.88. The van der Waals surface area contributed by atoms with Crippen LogP contribution >= 0.6 is 0 Å². The predicted octanol–water partition coefficient (Wildman–Crippen LogP) is 3.29. The lowest BCUT2D eigenvalue weighted by molar-refractivity contribution is -0.126. The number of carbonyl (C=O) groups excluding carboxylic acids is 1. The molecule has 1 aliphatic heterocycles. The van der Waals surface area contributed by atoms with Gasteiger partial charge < -0.3 is 14.4 Å². The number of amides is 1. The van der Waals surface area contributed by atoms with Crippen LogP contribution in [0.3, 0.4) is 0 Å². The standard InChI is InChI=1S/C18H23NO3/c1-21-16-12-15(13-17(14-16)22-2)8-4-5-9-18(20)19-10-6-3-7-11-19/h4-5,8-9,12-14H,3,6-7,10-11H2,1-2H3/b8-4+,9-5+. The van der Waals surface area contributed by atoms with Crippen molar-refractivity contribution in [3.63, 3.8) is 0 Å². The number of rotatable bonds is 5. The molecule has 0 saturated carbocycles. The minimum Gasteiger partial charge on any atom is -0.497 e. The van der Waals surface area contributed by atoms with Crippen LogP contribution in [0.4, 0.5) is 0 Å². The largest absolute Gasteiger partial charge is 0.497 e. The van der Waals surface area contributed by atoms with Crippen LogP contribution in [0.5, 0.6) is 11.5 Å².